The smallest absolute Gasteiger partial charge is 0.387 e. The maximum Gasteiger partial charge on any atom is 0.387 e. The minimum atomic E-state index is -2.88. The van der Waals surface area contributed by atoms with E-state index in [4.69, 9.17) is 11.6 Å². The van der Waals surface area contributed by atoms with Crippen molar-refractivity contribution < 1.29 is 13.5 Å². The lowest BCUT2D eigenvalue weighted by Crippen LogP contribution is -2.03. The van der Waals surface area contributed by atoms with Gasteiger partial charge in [0.15, 0.2) is 0 Å². The molecule has 19 heavy (non-hydrogen) atoms. The topological polar surface area (TPSA) is 21.3 Å². The SMILES string of the molecule is FC(F)Oc1ccc(NCc2sccc2Br)cc1Cl. The van der Waals surface area contributed by atoms with E-state index in [1.54, 1.807) is 23.5 Å². The molecule has 0 bridgehead atoms. The Balaban J connectivity index is 2.02. The van der Waals surface area contributed by atoms with Crippen molar-refractivity contribution in [3.63, 3.8) is 0 Å². The highest BCUT2D eigenvalue weighted by atomic mass is 79.9. The monoisotopic (exact) mass is 367 g/mol. The molecular weight excluding hydrogens is 360 g/mol. The first-order valence-corrected chi connectivity index (χ1v) is 7.31. The van der Waals surface area contributed by atoms with Gasteiger partial charge in [0.05, 0.1) is 11.6 Å². The Kier molecular flexibility index (Phi) is 5.01. The van der Waals surface area contributed by atoms with Crippen molar-refractivity contribution in [1.82, 2.24) is 0 Å². The van der Waals surface area contributed by atoms with Crippen LogP contribution in [0.5, 0.6) is 5.75 Å². The van der Waals surface area contributed by atoms with Gasteiger partial charge in [-0.05, 0) is 45.6 Å². The zero-order chi connectivity index (χ0) is 13.8. The van der Waals surface area contributed by atoms with Gasteiger partial charge in [-0.2, -0.15) is 8.78 Å². The molecule has 0 fully saturated rings. The molecule has 1 N–H and O–H groups in total. The average molecular weight is 369 g/mol. The molecule has 2 aromatic rings. The van der Waals surface area contributed by atoms with Crippen LogP contribution in [0, 0.1) is 0 Å². The van der Waals surface area contributed by atoms with Crippen molar-refractivity contribution in [1.29, 1.82) is 0 Å². The normalized spacial score (nSPS) is 10.8. The molecule has 0 unspecified atom stereocenters. The van der Waals surface area contributed by atoms with Gasteiger partial charge in [-0.15, -0.1) is 11.3 Å². The standard InChI is InChI=1S/C12H9BrClF2NOS/c13-8-3-4-19-11(8)6-17-7-1-2-10(9(14)5-7)18-12(15)16/h1-5,12,17H,6H2. The van der Waals surface area contributed by atoms with Gasteiger partial charge < -0.3 is 10.1 Å². The highest BCUT2D eigenvalue weighted by Gasteiger charge is 2.09. The number of rotatable bonds is 5. The fourth-order valence-corrected chi connectivity index (χ4v) is 3.09. The van der Waals surface area contributed by atoms with Crippen molar-refractivity contribution >= 4 is 44.6 Å². The summed E-state index contributed by atoms with van der Waals surface area (Å²) in [6.45, 7) is -2.25. The molecular formula is C12H9BrClF2NOS. The van der Waals surface area contributed by atoms with Crippen LogP contribution in [-0.4, -0.2) is 6.61 Å². The summed E-state index contributed by atoms with van der Waals surface area (Å²) in [7, 11) is 0. The van der Waals surface area contributed by atoms with E-state index in [1.165, 1.54) is 6.07 Å². The largest absolute Gasteiger partial charge is 0.433 e. The minimum Gasteiger partial charge on any atom is -0.433 e. The molecule has 0 aliphatic rings. The highest BCUT2D eigenvalue weighted by molar-refractivity contribution is 9.10. The lowest BCUT2D eigenvalue weighted by Gasteiger charge is -2.10. The number of hydrogen-bond donors (Lipinski definition) is 1. The second-order valence-electron chi connectivity index (χ2n) is 3.57. The van der Waals surface area contributed by atoms with E-state index in [0.717, 1.165) is 15.0 Å². The lowest BCUT2D eigenvalue weighted by molar-refractivity contribution is -0.0497. The summed E-state index contributed by atoms with van der Waals surface area (Å²) >= 11 is 10.9. The van der Waals surface area contributed by atoms with Crippen LogP contribution in [0.25, 0.3) is 0 Å². The highest BCUT2D eigenvalue weighted by Crippen LogP contribution is 2.30. The van der Waals surface area contributed by atoms with Gasteiger partial charge in [-0.1, -0.05) is 11.6 Å². The summed E-state index contributed by atoms with van der Waals surface area (Å²) in [5.74, 6) is -0.0282. The van der Waals surface area contributed by atoms with Gasteiger partial charge in [0, 0.05) is 15.0 Å². The maximum absolute atomic E-state index is 12.1. The number of halogens is 4. The lowest BCUT2D eigenvalue weighted by atomic mass is 10.3. The molecule has 2 nitrogen and oxygen atoms in total. The average Bonchev–Trinajstić information content (AvgIpc) is 2.75. The molecule has 0 aliphatic heterocycles. The predicted octanol–water partition coefficient (Wildman–Crippen LogP) is 5.38. The number of hydrogen-bond acceptors (Lipinski definition) is 3. The van der Waals surface area contributed by atoms with Gasteiger partial charge in [-0.25, -0.2) is 0 Å². The first kappa shape index (κ1) is 14.6. The molecule has 0 atom stereocenters. The van der Waals surface area contributed by atoms with Crippen LogP contribution in [-0.2, 0) is 6.54 Å². The number of ether oxygens (including phenoxy) is 1. The Morgan fingerprint density at radius 1 is 1.37 bits per heavy atom. The van der Waals surface area contributed by atoms with Crippen LogP contribution in [0.15, 0.2) is 34.1 Å². The molecule has 0 amide bonds. The van der Waals surface area contributed by atoms with Crippen LogP contribution in [0.4, 0.5) is 14.5 Å². The van der Waals surface area contributed by atoms with Crippen LogP contribution in [0.2, 0.25) is 5.02 Å². The summed E-state index contributed by atoms with van der Waals surface area (Å²) in [4.78, 5) is 1.14. The van der Waals surface area contributed by atoms with Gasteiger partial charge in [-0.3, -0.25) is 0 Å². The number of nitrogens with one attached hydrogen (secondary N) is 1. The molecule has 7 heteroatoms. The molecule has 0 saturated carbocycles. The van der Waals surface area contributed by atoms with Gasteiger partial charge in [0.2, 0.25) is 0 Å². The second-order valence-corrected chi connectivity index (χ2v) is 5.83. The van der Waals surface area contributed by atoms with Gasteiger partial charge in [0.1, 0.15) is 5.75 Å². The quantitative estimate of drug-likeness (QED) is 0.765. The van der Waals surface area contributed by atoms with Gasteiger partial charge >= 0.3 is 6.61 Å². The van der Waals surface area contributed by atoms with Crippen molar-refractivity contribution in [2.24, 2.45) is 0 Å². The maximum atomic E-state index is 12.1. The summed E-state index contributed by atoms with van der Waals surface area (Å²) in [6, 6.07) is 6.58. The van der Waals surface area contributed by atoms with Crippen LogP contribution >= 0.6 is 38.9 Å². The van der Waals surface area contributed by atoms with Crippen LogP contribution in [0.1, 0.15) is 4.88 Å². The molecule has 0 saturated heterocycles. The van der Waals surface area contributed by atoms with Crippen molar-refractivity contribution in [3.8, 4) is 5.75 Å². The summed E-state index contributed by atoms with van der Waals surface area (Å²) in [5.41, 5.74) is 0.743. The predicted molar refractivity (Wildman–Crippen MR) is 77.4 cm³/mol. The third kappa shape index (κ3) is 4.06. The Bertz CT molecular complexity index is 564. The third-order valence-electron chi connectivity index (χ3n) is 2.29. The third-order valence-corrected chi connectivity index (χ3v) is 4.51. The Morgan fingerprint density at radius 3 is 2.74 bits per heavy atom. The molecule has 0 radical (unpaired) electrons. The second kappa shape index (κ2) is 6.54. The minimum absolute atomic E-state index is 0.0282. The summed E-state index contributed by atoms with van der Waals surface area (Å²) in [6.07, 6.45) is 0. The van der Waals surface area contributed by atoms with E-state index >= 15 is 0 Å². The van der Waals surface area contributed by atoms with E-state index in [-0.39, 0.29) is 10.8 Å². The molecule has 1 heterocycles. The Labute approximate surface area is 126 Å². The van der Waals surface area contributed by atoms with E-state index in [0.29, 0.717) is 6.54 Å². The van der Waals surface area contributed by atoms with Crippen LogP contribution in [0.3, 0.4) is 0 Å². The van der Waals surface area contributed by atoms with E-state index in [1.807, 2.05) is 11.4 Å². The van der Waals surface area contributed by atoms with Crippen molar-refractivity contribution in [2.75, 3.05) is 5.32 Å². The Morgan fingerprint density at radius 2 is 2.16 bits per heavy atom. The van der Waals surface area contributed by atoms with Crippen LogP contribution < -0.4 is 10.1 Å². The van der Waals surface area contributed by atoms with E-state index in [2.05, 4.69) is 26.0 Å². The Hall–Kier alpha value is -0.850. The van der Waals surface area contributed by atoms with E-state index in [9.17, 15) is 8.78 Å². The first-order valence-electron chi connectivity index (χ1n) is 5.26. The summed E-state index contributed by atoms with van der Waals surface area (Å²) in [5, 5.41) is 5.29. The fourth-order valence-electron chi connectivity index (χ4n) is 1.44. The molecule has 102 valence electrons. The van der Waals surface area contributed by atoms with E-state index < -0.39 is 6.61 Å². The zero-order valence-corrected chi connectivity index (χ0v) is 12.7. The molecule has 1 aromatic carbocycles. The fraction of sp³-hybridized carbons (Fsp3) is 0.167. The molecule has 1 aromatic heterocycles. The number of benzene rings is 1. The first-order chi connectivity index (χ1) is 9.06. The number of thiophene rings is 1. The van der Waals surface area contributed by atoms with Crippen molar-refractivity contribution in [2.45, 2.75) is 13.2 Å². The number of anilines is 1. The molecule has 0 aliphatic carbocycles. The number of alkyl halides is 2. The molecule has 0 spiro atoms. The van der Waals surface area contributed by atoms with Crippen molar-refractivity contribution in [3.05, 3.63) is 44.0 Å². The summed E-state index contributed by atoms with van der Waals surface area (Å²) < 4.78 is 29.5. The molecule has 2 rings (SSSR count). The zero-order valence-electron chi connectivity index (χ0n) is 9.50. The van der Waals surface area contributed by atoms with Gasteiger partial charge in [0.25, 0.3) is 0 Å².